The summed E-state index contributed by atoms with van der Waals surface area (Å²) in [5.74, 6) is 11.9. The Kier molecular flexibility index (Phi) is 9.21. The van der Waals surface area contributed by atoms with Gasteiger partial charge in [-0.2, -0.15) is 0 Å². The molecule has 0 N–H and O–H groups in total. The molecule has 9 aliphatic rings. The quantitative estimate of drug-likeness (QED) is 0.143. The van der Waals surface area contributed by atoms with E-state index >= 15 is 0 Å². The molecule has 3 aliphatic heterocycles. The number of aryl methyl sites for hydroxylation is 1. The van der Waals surface area contributed by atoms with E-state index in [1.807, 2.05) is 0 Å². The van der Waals surface area contributed by atoms with Crippen LogP contribution in [0.1, 0.15) is 125 Å². The Balaban J connectivity index is 0.754. The van der Waals surface area contributed by atoms with Crippen LogP contribution < -0.4 is 9.47 Å². The Morgan fingerprint density at radius 1 is 0.525 bits per heavy atom. The Hall–Kier alpha value is -2.86. The monoisotopic (exact) mass is 797 g/mol. The lowest BCUT2D eigenvalue weighted by molar-refractivity contribution is 0.231. The maximum atomic E-state index is 6.38. The zero-order valence-electron chi connectivity index (χ0n) is 36.2. The first kappa shape index (κ1) is 37.9. The number of hydrogen-bond donors (Lipinski definition) is 0. The van der Waals surface area contributed by atoms with Gasteiger partial charge in [-0.3, -0.25) is 0 Å². The van der Waals surface area contributed by atoms with Crippen LogP contribution in [0, 0.1) is 59.2 Å². The van der Waals surface area contributed by atoms with Crippen molar-refractivity contribution in [3.05, 3.63) is 94.5 Å². The molecule has 0 radical (unpaired) electrons. The summed E-state index contributed by atoms with van der Waals surface area (Å²) in [6, 6.07) is 26.0. The summed E-state index contributed by atoms with van der Waals surface area (Å²) < 4.78 is 29.2. The van der Waals surface area contributed by atoms with E-state index in [-0.39, 0.29) is 16.9 Å². The number of benzene rings is 3. The van der Waals surface area contributed by atoms with Crippen LogP contribution in [0.5, 0.6) is 11.5 Å². The molecule has 314 valence electrons. The van der Waals surface area contributed by atoms with Gasteiger partial charge in [-0.1, -0.05) is 76.2 Å². The highest BCUT2D eigenvalue weighted by Crippen LogP contribution is 2.68. The van der Waals surface area contributed by atoms with Crippen LogP contribution >= 0.6 is 0 Å². The van der Waals surface area contributed by atoms with E-state index in [2.05, 4.69) is 94.4 Å². The van der Waals surface area contributed by atoms with Gasteiger partial charge in [0.1, 0.15) is 36.9 Å². The summed E-state index contributed by atoms with van der Waals surface area (Å²) >= 11 is 0. The van der Waals surface area contributed by atoms with Gasteiger partial charge >= 0.3 is 0 Å². The number of epoxide rings is 3. The molecule has 0 amide bonds. The van der Waals surface area contributed by atoms with Crippen LogP contribution in [0.15, 0.2) is 66.7 Å². The zero-order valence-corrected chi connectivity index (χ0v) is 36.2. The summed E-state index contributed by atoms with van der Waals surface area (Å²) in [6.45, 7) is 14.3. The second-order valence-corrected chi connectivity index (χ2v) is 22.5. The Bertz CT molecular complexity index is 2040. The van der Waals surface area contributed by atoms with Crippen LogP contribution in [0.3, 0.4) is 0 Å². The van der Waals surface area contributed by atoms with E-state index in [0.717, 1.165) is 96.9 Å². The molecule has 0 aromatic heterocycles. The predicted octanol–water partition coefficient (Wildman–Crippen LogP) is 11.1. The average molecular weight is 797 g/mol. The summed E-state index contributed by atoms with van der Waals surface area (Å²) in [5, 5.41) is 0. The third-order valence-corrected chi connectivity index (χ3v) is 18.9. The third-order valence-electron chi connectivity index (χ3n) is 18.9. The van der Waals surface area contributed by atoms with Crippen molar-refractivity contribution in [1.82, 2.24) is 0 Å². The Morgan fingerprint density at radius 3 is 1.75 bits per heavy atom. The van der Waals surface area contributed by atoms with E-state index in [1.54, 1.807) is 16.7 Å². The molecule has 3 saturated heterocycles. The first-order chi connectivity index (χ1) is 28.7. The molecule has 3 heterocycles. The maximum Gasteiger partial charge on any atom is 0.123 e. The van der Waals surface area contributed by atoms with Gasteiger partial charge in [0, 0.05) is 5.56 Å². The second-order valence-electron chi connectivity index (χ2n) is 22.5. The average Bonchev–Trinajstić information content (AvgIpc) is 4.18. The van der Waals surface area contributed by atoms with Crippen molar-refractivity contribution in [2.75, 3.05) is 33.0 Å². The minimum atomic E-state index is 0.0933. The van der Waals surface area contributed by atoms with Crippen molar-refractivity contribution in [2.45, 2.75) is 133 Å². The standard InChI is InChI=1S/C54H68O5/c1-53(2,36-22-44-34-18-42(46(20-34)48(44)24-36)31-8-7-9-38(17-31)55-27-40-28-57-40)50-15-13-32(16-33(50)12-14-39-26-56-39)43-19-35-21-47(43)49-25-37(23-45(35)49)54(3,4)51-10-5-6-11-52(51)59-30-41-29-58-41/h5-11,13,15-17,34-37,39-49H,12,14,18-30H2,1-4H3. The number of ether oxygens (including phenoxy) is 5. The molecule has 9 fully saturated rings. The van der Waals surface area contributed by atoms with E-state index in [9.17, 15) is 0 Å². The first-order valence-corrected chi connectivity index (χ1v) is 24.1. The van der Waals surface area contributed by atoms with Gasteiger partial charge < -0.3 is 23.7 Å². The van der Waals surface area contributed by atoms with E-state index in [0.29, 0.717) is 37.3 Å². The molecule has 5 heteroatoms. The minimum absolute atomic E-state index is 0.0933. The van der Waals surface area contributed by atoms with Crippen LogP contribution in [0.25, 0.3) is 0 Å². The predicted molar refractivity (Wildman–Crippen MR) is 231 cm³/mol. The fourth-order valence-corrected chi connectivity index (χ4v) is 15.4. The third kappa shape index (κ3) is 6.82. The summed E-state index contributed by atoms with van der Waals surface area (Å²) in [5.41, 5.74) is 8.14. The highest BCUT2D eigenvalue weighted by atomic mass is 16.6. The smallest absolute Gasteiger partial charge is 0.123 e. The molecule has 5 nitrogen and oxygen atoms in total. The molecule has 12 rings (SSSR count). The van der Waals surface area contributed by atoms with E-state index in [1.165, 1.54) is 68.9 Å². The Morgan fingerprint density at radius 2 is 1.10 bits per heavy atom. The second kappa shape index (κ2) is 14.3. The molecule has 6 aliphatic carbocycles. The topological polar surface area (TPSA) is 56.0 Å². The number of para-hydroxylation sites is 1. The lowest BCUT2D eigenvalue weighted by atomic mass is 9.68. The molecule has 59 heavy (non-hydrogen) atoms. The van der Waals surface area contributed by atoms with Crippen LogP contribution in [0.4, 0.5) is 0 Å². The van der Waals surface area contributed by atoms with Crippen molar-refractivity contribution in [3.8, 4) is 11.5 Å². The fraction of sp³-hybridized carbons (Fsp3) is 0.667. The van der Waals surface area contributed by atoms with Gasteiger partial charge in [-0.15, -0.1) is 0 Å². The van der Waals surface area contributed by atoms with Gasteiger partial charge in [0.15, 0.2) is 0 Å². The highest BCUT2D eigenvalue weighted by molar-refractivity contribution is 5.42. The van der Waals surface area contributed by atoms with Crippen molar-refractivity contribution >= 4 is 0 Å². The molecular weight excluding hydrogens is 729 g/mol. The summed E-state index contributed by atoms with van der Waals surface area (Å²) in [7, 11) is 0. The van der Waals surface area contributed by atoms with Crippen LogP contribution in [-0.4, -0.2) is 51.3 Å². The molecule has 6 saturated carbocycles. The van der Waals surface area contributed by atoms with E-state index < -0.39 is 0 Å². The molecule has 3 aromatic rings. The largest absolute Gasteiger partial charge is 0.491 e. The van der Waals surface area contributed by atoms with Gasteiger partial charge in [0.2, 0.25) is 0 Å². The number of fused-ring (bicyclic) bond motifs is 10. The van der Waals surface area contributed by atoms with Gasteiger partial charge in [0.25, 0.3) is 0 Å². The SMILES string of the molecule is CC(C)(c1ccc(C2CC3CC2C2CC(C(C)(C)c4ccccc4OCC4CO4)CC32)cc1CCC1CO1)C1CC2C3CC(c4cccc(OCC5CO5)c4)C(C3)C2C1. The first-order valence-electron chi connectivity index (χ1n) is 24.1. The molecule has 0 spiro atoms. The van der Waals surface area contributed by atoms with E-state index in [4.69, 9.17) is 23.7 Å². The summed E-state index contributed by atoms with van der Waals surface area (Å²) in [4.78, 5) is 0. The number of hydrogen-bond acceptors (Lipinski definition) is 5. The number of rotatable bonds is 15. The normalized spacial score (nSPS) is 39.7. The molecule has 15 atom stereocenters. The highest BCUT2D eigenvalue weighted by Gasteiger charge is 2.60. The van der Waals surface area contributed by atoms with Gasteiger partial charge in [-0.05, 0) is 187 Å². The van der Waals surface area contributed by atoms with Crippen molar-refractivity contribution in [1.29, 1.82) is 0 Å². The molecule has 15 unspecified atom stereocenters. The van der Waals surface area contributed by atoms with Crippen molar-refractivity contribution in [3.63, 3.8) is 0 Å². The van der Waals surface area contributed by atoms with Crippen LogP contribution in [-0.2, 0) is 31.5 Å². The minimum Gasteiger partial charge on any atom is -0.491 e. The molecule has 4 bridgehead atoms. The lowest BCUT2D eigenvalue weighted by Crippen LogP contribution is -2.30. The molecule has 3 aromatic carbocycles. The zero-order chi connectivity index (χ0) is 39.6. The summed E-state index contributed by atoms with van der Waals surface area (Å²) in [6.07, 6.45) is 14.6. The Labute approximate surface area is 353 Å². The van der Waals surface area contributed by atoms with Gasteiger partial charge in [0.05, 0.1) is 25.9 Å². The van der Waals surface area contributed by atoms with Gasteiger partial charge in [-0.25, -0.2) is 0 Å². The van der Waals surface area contributed by atoms with Crippen LogP contribution in [0.2, 0.25) is 0 Å². The fourth-order valence-electron chi connectivity index (χ4n) is 15.4. The van der Waals surface area contributed by atoms with Crippen molar-refractivity contribution < 1.29 is 23.7 Å². The lowest BCUT2D eigenvalue weighted by Gasteiger charge is -2.37. The van der Waals surface area contributed by atoms with Crippen molar-refractivity contribution in [2.24, 2.45) is 59.2 Å². The maximum absolute atomic E-state index is 6.38. The molecular formula is C54H68O5.